The summed E-state index contributed by atoms with van der Waals surface area (Å²) in [5.41, 5.74) is 0. The molecule has 6 heteroatoms. The second-order valence-electron chi connectivity index (χ2n) is 0.286. The van der Waals surface area contributed by atoms with Crippen molar-refractivity contribution in [2.75, 3.05) is 0 Å². The average Bonchev–Trinajstić information content (AvgIpc) is 0.722. The van der Waals surface area contributed by atoms with Crippen molar-refractivity contribution in [2.24, 2.45) is 0 Å². The van der Waals surface area contributed by atoms with E-state index in [1.165, 1.54) is 0 Å². The molecule has 0 aliphatic rings. The maximum absolute atomic E-state index is 9.80. The van der Waals surface area contributed by atoms with E-state index < -0.39 is 14.4 Å². The molecule has 0 aliphatic heterocycles. The summed E-state index contributed by atoms with van der Waals surface area (Å²) in [5, 5.41) is 0. The van der Waals surface area contributed by atoms with Gasteiger partial charge in [-0.2, -0.15) is 0 Å². The van der Waals surface area contributed by atoms with Crippen LogP contribution in [0.15, 0.2) is 0 Å². The summed E-state index contributed by atoms with van der Waals surface area (Å²) in [6.07, 6.45) is 0. The molecule has 0 aromatic carbocycles. The number of hydrogen-bond donors (Lipinski definition) is 0. The van der Waals surface area contributed by atoms with Crippen molar-refractivity contribution >= 4 is 0 Å². The molecule has 0 N–H and O–H groups in total. The molecular formula is CoCsF4. The fourth-order valence-electron chi connectivity index (χ4n) is 0. The Morgan fingerprint density at radius 3 is 0.833 bits per heavy atom. The van der Waals surface area contributed by atoms with Crippen LogP contribution in [-0.2, 0) is 14.4 Å². The molecule has 0 atom stereocenters. The summed E-state index contributed by atoms with van der Waals surface area (Å²) >= 11 is -6.38. The monoisotopic (exact) mass is 268 g/mol. The summed E-state index contributed by atoms with van der Waals surface area (Å²) < 4.78 is 39.2. The van der Waals surface area contributed by atoms with E-state index in [0.717, 1.165) is 0 Å². The van der Waals surface area contributed by atoms with Gasteiger partial charge in [0.1, 0.15) is 0 Å². The van der Waals surface area contributed by atoms with E-state index in [1.54, 1.807) is 0 Å². The normalized spacial score (nSPS) is 12.7. The van der Waals surface area contributed by atoms with Crippen molar-refractivity contribution in [2.45, 2.75) is 0 Å². The van der Waals surface area contributed by atoms with Gasteiger partial charge in [0.2, 0.25) is 0 Å². The minimum atomic E-state index is -6.38. The Bertz CT molecular complexity index is 23.0. The predicted molar refractivity (Wildman–Crippen MR) is 4.43 cm³/mol. The fourth-order valence-corrected chi connectivity index (χ4v) is 0. The van der Waals surface area contributed by atoms with Crippen LogP contribution in [-0.4, -0.2) is 0 Å². The zero-order valence-corrected chi connectivity index (χ0v) is 10.2. The standard InChI is InChI=1S/Co.Cs.4FH/h;;4*1H/q+3;+1;;;;/p-4. The van der Waals surface area contributed by atoms with Crippen LogP contribution in [0.25, 0.3) is 0 Å². The quantitative estimate of drug-likeness (QED) is 0.478. The first-order valence-electron chi connectivity index (χ1n) is 0.504. The maximum atomic E-state index is 9.80. The van der Waals surface area contributed by atoms with Gasteiger partial charge in [-0.15, -0.1) is 0 Å². The minimum absolute atomic E-state index is 0. The van der Waals surface area contributed by atoms with E-state index in [1.807, 2.05) is 0 Å². The Hall–Kier alpha value is 2.28. The molecule has 0 rings (SSSR count). The van der Waals surface area contributed by atoms with Gasteiger partial charge in [-0.3, -0.25) is 0 Å². The van der Waals surface area contributed by atoms with Crippen LogP contribution in [0, 0.1) is 0 Å². The predicted octanol–water partition coefficient (Wildman–Crippen LogP) is -1.32. The van der Waals surface area contributed by atoms with Crippen molar-refractivity contribution in [1.82, 2.24) is 0 Å². The van der Waals surface area contributed by atoms with Gasteiger partial charge in [0, 0.05) is 0 Å². The molecule has 0 bridgehead atoms. The van der Waals surface area contributed by atoms with Crippen LogP contribution in [0.2, 0.25) is 0 Å². The van der Waals surface area contributed by atoms with Crippen molar-refractivity contribution < 1.29 is 97.6 Å². The van der Waals surface area contributed by atoms with E-state index in [2.05, 4.69) is 0 Å². The first-order chi connectivity index (χ1) is 2.00. The molecule has 0 heterocycles. The second kappa shape index (κ2) is 4.19. The number of hydrogen-bond acceptors (Lipinski definition) is 0. The average molecular weight is 268 g/mol. The van der Waals surface area contributed by atoms with E-state index in [0.29, 0.717) is 0 Å². The van der Waals surface area contributed by atoms with Gasteiger partial charge in [-0.1, -0.05) is 0 Å². The summed E-state index contributed by atoms with van der Waals surface area (Å²) in [6, 6.07) is 0. The van der Waals surface area contributed by atoms with Crippen LogP contribution in [0.4, 0.5) is 14.3 Å². The van der Waals surface area contributed by atoms with Gasteiger partial charge in [0.15, 0.2) is 0 Å². The van der Waals surface area contributed by atoms with Crippen molar-refractivity contribution in [3.8, 4) is 0 Å². The van der Waals surface area contributed by atoms with Gasteiger partial charge >= 0.3 is 97.6 Å². The van der Waals surface area contributed by atoms with Crippen molar-refractivity contribution in [3.05, 3.63) is 0 Å². The Morgan fingerprint density at radius 2 is 0.833 bits per heavy atom. The first-order valence-corrected chi connectivity index (χ1v) is 2.08. The van der Waals surface area contributed by atoms with E-state index in [9.17, 15) is 14.3 Å². The Balaban J connectivity index is 0. The van der Waals surface area contributed by atoms with Crippen LogP contribution < -0.4 is 68.9 Å². The summed E-state index contributed by atoms with van der Waals surface area (Å²) in [5.74, 6) is 0. The molecule has 0 radical (unpaired) electrons. The van der Waals surface area contributed by atoms with Gasteiger partial charge in [-0.25, -0.2) is 0 Å². The third kappa shape index (κ3) is 33.7. The molecule has 0 fully saturated rings. The Morgan fingerprint density at radius 1 is 0.833 bits per heavy atom. The zero-order valence-electron chi connectivity index (χ0n) is 2.85. The Labute approximate surface area is 95.0 Å². The van der Waals surface area contributed by atoms with E-state index in [-0.39, 0.29) is 68.9 Å². The van der Waals surface area contributed by atoms with Gasteiger partial charge in [0.25, 0.3) is 0 Å². The van der Waals surface area contributed by atoms with E-state index >= 15 is 0 Å². The topological polar surface area (TPSA) is 0 Å². The second-order valence-corrected chi connectivity index (χ2v) is 1.18. The SMILES string of the molecule is [Cs+].[F][Co-]([F])([F])[F]. The number of halogens is 4. The molecule has 0 unspecified atom stereocenters. The van der Waals surface area contributed by atoms with Gasteiger partial charge in [0.05, 0.1) is 0 Å². The van der Waals surface area contributed by atoms with Crippen molar-refractivity contribution in [1.29, 1.82) is 0 Å². The third-order valence-electron chi connectivity index (χ3n) is 0. The molecule has 0 saturated heterocycles. The fraction of sp³-hybridized carbons (Fsp3) is 0. The van der Waals surface area contributed by atoms with E-state index in [4.69, 9.17) is 0 Å². The summed E-state index contributed by atoms with van der Waals surface area (Å²) in [6.45, 7) is 0. The zero-order chi connectivity index (χ0) is 4.50. The van der Waals surface area contributed by atoms with Crippen LogP contribution in [0.3, 0.4) is 0 Å². The first kappa shape index (κ1) is 11.1. The molecule has 38 valence electrons. The molecular weight excluding hydrogens is 268 g/mol. The molecule has 0 spiro atoms. The molecule has 0 saturated carbocycles. The molecule has 6 heavy (non-hydrogen) atoms. The molecule has 0 aromatic rings. The van der Waals surface area contributed by atoms with Crippen LogP contribution in [0.1, 0.15) is 0 Å². The molecule has 0 aromatic heterocycles. The molecule has 0 nitrogen and oxygen atoms in total. The molecule has 0 aliphatic carbocycles. The summed E-state index contributed by atoms with van der Waals surface area (Å²) in [4.78, 5) is 0. The van der Waals surface area contributed by atoms with Crippen LogP contribution >= 0.6 is 0 Å². The summed E-state index contributed by atoms with van der Waals surface area (Å²) in [7, 11) is 0. The van der Waals surface area contributed by atoms with Gasteiger partial charge in [-0.05, 0) is 0 Å². The number of rotatable bonds is 0. The van der Waals surface area contributed by atoms with Crippen LogP contribution in [0.5, 0.6) is 0 Å². The van der Waals surface area contributed by atoms with Crippen molar-refractivity contribution in [3.63, 3.8) is 0 Å². The third-order valence-corrected chi connectivity index (χ3v) is 0. The van der Waals surface area contributed by atoms with Gasteiger partial charge < -0.3 is 0 Å². The Kier molecular flexibility index (Phi) is 7.76. The molecule has 0 amide bonds.